The lowest BCUT2D eigenvalue weighted by atomic mass is 10.1. The summed E-state index contributed by atoms with van der Waals surface area (Å²) in [5.41, 5.74) is 3.02. The first-order valence-electron chi connectivity index (χ1n) is 12.7. The average Bonchev–Trinajstić information content (AvgIpc) is 3.42. The summed E-state index contributed by atoms with van der Waals surface area (Å²) in [5, 5.41) is 13.3. The fraction of sp³-hybridized carbons (Fsp3) is 0.429. The van der Waals surface area contributed by atoms with Crippen molar-refractivity contribution in [2.24, 2.45) is 0 Å². The molecule has 4 rings (SSSR count). The van der Waals surface area contributed by atoms with Crippen LogP contribution in [0.2, 0.25) is 0 Å². The fourth-order valence-corrected chi connectivity index (χ4v) is 4.77. The first kappa shape index (κ1) is 27.3. The predicted molar refractivity (Wildman–Crippen MR) is 141 cm³/mol. The molecule has 2 aliphatic heterocycles. The Morgan fingerprint density at radius 2 is 2.08 bits per heavy atom. The van der Waals surface area contributed by atoms with E-state index in [-0.39, 0.29) is 31.6 Å². The normalized spacial score (nSPS) is 20.2. The number of carbonyl (C=O) groups is 3. The Morgan fingerprint density at radius 3 is 2.79 bits per heavy atom. The van der Waals surface area contributed by atoms with Crippen LogP contribution in [0.5, 0.6) is 0 Å². The van der Waals surface area contributed by atoms with E-state index in [0.29, 0.717) is 36.6 Å². The van der Waals surface area contributed by atoms with Crippen LogP contribution in [0.25, 0.3) is 4.85 Å². The average molecular weight is 521 g/mol. The van der Waals surface area contributed by atoms with Crippen LogP contribution < -0.4 is 10.2 Å². The summed E-state index contributed by atoms with van der Waals surface area (Å²) in [6.45, 7) is 10.7. The minimum atomic E-state index is -1.73. The van der Waals surface area contributed by atoms with Gasteiger partial charge >= 0.3 is 0 Å². The molecule has 2 aliphatic rings. The standard InChI is InChI=1S/C28H32N4O6/c1-4-19-16-20(8-9-23(19)29-2)30-27(35)25(34)26-28(36)32(12-13-38-26)21-7-5-6-18(14-21)15-24(33)31-11-10-22(17-31)37-3/h5-9,14,16,22,25-26,34H,4,10-13,15,17H2,1,3H3,(H,30,35)/t22-,25-,26-/m1/s1. The van der Waals surface area contributed by atoms with Crippen LogP contribution in [-0.4, -0.2) is 79.4 Å². The summed E-state index contributed by atoms with van der Waals surface area (Å²) in [5.74, 6) is -1.32. The lowest BCUT2D eigenvalue weighted by molar-refractivity contribution is -0.150. The maximum atomic E-state index is 13.3. The van der Waals surface area contributed by atoms with E-state index in [2.05, 4.69) is 10.2 Å². The number of benzene rings is 2. The highest BCUT2D eigenvalue weighted by molar-refractivity contribution is 6.04. The predicted octanol–water partition coefficient (Wildman–Crippen LogP) is 2.32. The number of hydrogen-bond acceptors (Lipinski definition) is 6. The first-order valence-corrected chi connectivity index (χ1v) is 12.7. The second-order valence-corrected chi connectivity index (χ2v) is 9.36. The smallest absolute Gasteiger partial charge is 0.259 e. The molecule has 0 radical (unpaired) electrons. The molecule has 2 heterocycles. The Labute approximate surface area is 221 Å². The minimum absolute atomic E-state index is 0.00404. The zero-order valence-corrected chi connectivity index (χ0v) is 21.6. The maximum absolute atomic E-state index is 13.3. The molecule has 2 saturated heterocycles. The zero-order valence-electron chi connectivity index (χ0n) is 21.6. The summed E-state index contributed by atoms with van der Waals surface area (Å²) in [4.78, 5) is 45.5. The number of morpholine rings is 1. The molecule has 10 nitrogen and oxygen atoms in total. The summed E-state index contributed by atoms with van der Waals surface area (Å²) in [6.07, 6.45) is -1.43. The number of aliphatic hydroxyl groups is 1. The van der Waals surface area contributed by atoms with Crippen LogP contribution in [-0.2, 0) is 36.7 Å². The van der Waals surface area contributed by atoms with Crippen LogP contribution >= 0.6 is 0 Å². The maximum Gasteiger partial charge on any atom is 0.259 e. The van der Waals surface area contributed by atoms with Crippen LogP contribution in [0.4, 0.5) is 17.1 Å². The molecule has 200 valence electrons. The number of methoxy groups -OCH3 is 1. The van der Waals surface area contributed by atoms with E-state index in [9.17, 15) is 19.5 Å². The number of carbonyl (C=O) groups excluding carboxylic acids is 3. The van der Waals surface area contributed by atoms with Gasteiger partial charge in [0, 0.05) is 38.1 Å². The molecular weight excluding hydrogens is 488 g/mol. The Balaban J connectivity index is 1.42. The van der Waals surface area contributed by atoms with Crippen molar-refractivity contribution >= 4 is 34.8 Å². The van der Waals surface area contributed by atoms with Crippen LogP contribution in [0, 0.1) is 6.57 Å². The number of aliphatic hydroxyl groups excluding tert-OH is 1. The summed E-state index contributed by atoms with van der Waals surface area (Å²) in [6, 6.07) is 12.0. The lowest BCUT2D eigenvalue weighted by Crippen LogP contribution is -2.55. The van der Waals surface area contributed by atoms with E-state index in [0.717, 1.165) is 17.5 Å². The van der Waals surface area contributed by atoms with Crippen LogP contribution in [0.3, 0.4) is 0 Å². The Kier molecular flexibility index (Phi) is 8.73. The van der Waals surface area contributed by atoms with Gasteiger partial charge in [-0.1, -0.05) is 25.1 Å². The molecule has 2 fully saturated rings. The molecule has 0 bridgehead atoms. The highest BCUT2D eigenvalue weighted by Crippen LogP contribution is 2.26. The molecule has 2 aromatic carbocycles. The number of amides is 3. The van der Waals surface area contributed by atoms with E-state index < -0.39 is 24.0 Å². The molecule has 2 N–H and O–H groups in total. The highest BCUT2D eigenvalue weighted by atomic mass is 16.5. The van der Waals surface area contributed by atoms with Gasteiger partial charge in [-0.2, -0.15) is 0 Å². The van der Waals surface area contributed by atoms with Gasteiger partial charge in [-0.3, -0.25) is 14.4 Å². The second kappa shape index (κ2) is 12.2. The number of ether oxygens (including phenoxy) is 2. The topological polar surface area (TPSA) is 113 Å². The molecule has 0 saturated carbocycles. The van der Waals surface area contributed by atoms with Gasteiger partial charge in [0.25, 0.3) is 11.8 Å². The van der Waals surface area contributed by atoms with Crippen molar-refractivity contribution in [1.82, 2.24) is 4.90 Å². The minimum Gasteiger partial charge on any atom is -0.380 e. The quantitative estimate of drug-likeness (QED) is 0.517. The molecule has 0 aromatic heterocycles. The largest absolute Gasteiger partial charge is 0.380 e. The second-order valence-electron chi connectivity index (χ2n) is 9.36. The molecule has 3 atom stereocenters. The Hall–Kier alpha value is -3.78. The molecule has 38 heavy (non-hydrogen) atoms. The summed E-state index contributed by atoms with van der Waals surface area (Å²) in [7, 11) is 1.64. The van der Waals surface area contributed by atoms with Gasteiger partial charge in [0.2, 0.25) is 5.91 Å². The van der Waals surface area contributed by atoms with Gasteiger partial charge in [0.05, 0.1) is 25.7 Å². The van der Waals surface area contributed by atoms with Crippen molar-refractivity contribution < 1.29 is 29.0 Å². The van der Waals surface area contributed by atoms with Crippen LogP contribution in [0.15, 0.2) is 42.5 Å². The summed E-state index contributed by atoms with van der Waals surface area (Å²) < 4.78 is 10.9. The van der Waals surface area contributed by atoms with E-state index in [1.165, 1.54) is 4.90 Å². The van der Waals surface area contributed by atoms with E-state index in [1.54, 1.807) is 48.4 Å². The third-order valence-electron chi connectivity index (χ3n) is 6.93. The van der Waals surface area contributed by atoms with E-state index >= 15 is 0 Å². The van der Waals surface area contributed by atoms with Gasteiger partial charge in [-0.25, -0.2) is 4.85 Å². The lowest BCUT2D eigenvalue weighted by Gasteiger charge is -2.34. The Bertz CT molecular complexity index is 1240. The van der Waals surface area contributed by atoms with Crippen molar-refractivity contribution in [3.8, 4) is 0 Å². The fourth-order valence-electron chi connectivity index (χ4n) is 4.77. The third-order valence-corrected chi connectivity index (χ3v) is 6.93. The molecule has 0 unspecified atom stereocenters. The van der Waals surface area contributed by atoms with Crippen molar-refractivity contribution in [1.29, 1.82) is 0 Å². The van der Waals surface area contributed by atoms with E-state index in [4.69, 9.17) is 16.0 Å². The van der Waals surface area contributed by atoms with Crippen molar-refractivity contribution in [2.45, 2.75) is 44.5 Å². The molecule has 10 heteroatoms. The number of rotatable bonds is 8. The molecule has 2 aromatic rings. The van der Waals surface area contributed by atoms with Gasteiger partial charge in [0.1, 0.15) is 0 Å². The molecule has 3 amide bonds. The number of nitrogens with one attached hydrogen (secondary N) is 1. The first-order chi connectivity index (χ1) is 18.3. The summed E-state index contributed by atoms with van der Waals surface area (Å²) >= 11 is 0. The van der Waals surface area contributed by atoms with Gasteiger partial charge in [-0.15, -0.1) is 0 Å². The number of likely N-dealkylation sites (tertiary alicyclic amines) is 1. The van der Waals surface area contributed by atoms with Gasteiger partial charge < -0.3 is 29.7 Å². The number of aryl methyl sites for hydroxylation is 1. The van der Waals surface area contributed by atoms with E-state index in [1.807, 2.05) is 13.0 Å². The van der Waals surface area contributed by atoms with Gasteiger partial charge in [-0.05, 0) is 48.2 Å². The monoisotopic (exact) mass is 520 g/mol. The van der Waals surface area contributed by atoms with Crippen LogP contribution in [0.1, 0.15) is 24.5 Å². The Morgan fingerprint density at radius 1 is 1.26 bits per heavy atom. The van der Waals surface area contributed by atoms with Crippen molar-refractivity contribution in [2.75, 3.05) is 43.6 Å². The molecule has 0 aliphatic carbocycles. The molecular formula is C28H32N4O6. The highest BCUT2D eigenvalue weighted by Gasteiger charge is 2.39. The third kappa shape index (κ3) is 6.02. The number of hydrogen-bond donors (Lipinski definition) is 2. The molecule has 0 spiro atoms. The van der Waals surface area contributed by atoms with Crippen molar-refractivity contribution in [3.05, 3.63) is 65.0 Å². The zero-order chi connectivity index (χ0) is 27.2. The van der Waals surface area contributed by atoms with Gasteiger partial charge in [0.15, 0.2) is 17.9 Å². The SMILES string of the molecule is [C-]#[N+]c1ccc(NC(=O)[C@H](O)[C@H]2OCCN(c3cccc(CC(=O)N4CC[C@@H](OC)C4)c3)C2=O)cc1CC. The number of anilines is 2. The number of nitrogens with zero attached hydrogens (tertiary/aromatic N) is 3. The van der Waals surface area contributed by atoms with Crippen molar-refractivity contribution in [3.63, 3.8) is 0 Å².